The van der Waals surface area contributed by atoms with E-state index in [1.165, 1.54) is 17.4 Å². The molecule has 19 heavy (non-hydrogen) atoms. The molecule has 0 spiro atoms. The molecule has 1 heterocycles. The lowest BCUT2D eigenvalue weighted by atomic mass is 10.2. The molecule has 0 aliphatic rings. The molecule has 0 aromatic carbocycles. The highest BCUT2D eigenvalue weighted by molar-refractivity contribution is 9.11. The molecular weight excluding hydrogens is 354 g/mol. The second kappa shape index (κ2) is 6.34. The van der Waals surface area contributed by atoms with Gasteiger partial charge >= 0.3 is 5.97 Å². The SMILES string of the molecule is CCC(C)N(CC(=O)O)S(=O)(=O)c1cc(Br)sc1C. The first-order valence-corrected chi connectivity index (χ1v) is 8.74. The monoisotopic (exact) mass is 369 g/mol. The van der Waals surface area contributed by atoms with Crippen LogP contribution in [0.2, 0.25) is 0 Å². The van der Waals surface area contributed by atoms with Crippen LogP contribution in [0, 0.1) is 6.92 Å². The van der Waals surface area contributed by atoms with Crippen LogP contribution < -0.4 is 0 Å². The second-order valence-electron chi connectivity index (χ2n) is 4.17. The van der Waals surface area contributed by atoms with Crippen molar-refractivity contribution in [3.8, 4) is 0 Å². The van der Waals surface area contributed by atoms with Gasteiger partial charge in [0.25, 0.3) is 0 Å². The minimum Gasteiger partial charge on any atom is -0.480 e. The molecule has 5 nitrogen and oxygen atoms in total. The third-order valence-corrected chi connectivity index (χ3v) is 6.57. The van der Waals surface area contributed by atoms with E-state index in [2.05, 4.69) is 15.9 Å². The smallest absolute Gasteiger partial charge is 0.318 e. The molecule has 0 aliphatic carbocycles. The van der Waals surface area contributed by atoms with Gasteiger partial charge in [0.05, 0.1) is 8.68 Å². The van der Waals surface area contributed by atoms with Crippen LogP contribution in [0.5, 0.6) is 0 Å². The summed E-state index contributed by atoms with van der Waals surface area (Å²) in [4.78, 5) is 11.7. The van der Waals surface area contributed by atoms with Crippen LogP contribution in [0.1, 0.15) is 25.1 Å². The predicted molar refractivity (Wildman–Crippen MR) is 78.0 cm³/mol. The molecule has 108 valence electrons. The molecular formula is C11H16BrNO4S2. The summed E-state index contributed by atoms with van der Waals surface area (Å²) in [5.74, 6) is -1.16. The van der Waals surface area contributed by atoms with E-state index < -0.39 is 22.5 Å². The summed E-state index contributed by atoms with van der Waals surface area (Å²) in [6.07, 6.45) is 0.552. The third-order valence-electron chi connectivity index (χ3n) is 2.80. The predicted octanol–water partition coefficient (Wildman–Crippen LogP) is 2.69. The van der Waals surface area contributed by atoms with Gasteiger partial charge in [-0.05, 0) is 42.3 Å². The van der Waals surface area contributed by atoms with Crippen LogP contribution in [0.4, 0.5) is 0 Å². The van der Waals surface area contributed by atoms with Crippen LogP contribution in [0.25, 0.3) is 0 Å². The molecule has 1 rings (SSSR count). The molecule has 0 aliphatic heterocycles. The molecule has 1 aromatic rings. The zero-order valence-corrected chi connectivity index (χ0v) is 14.1. The largest absolute Gasteiger partial charge is 0.480 e. The molecule has 0 fully saturated rings. The fourth-order valence-electron chi connectivity index (χ4n) is 1.63. The van der Waals surface area contributed by atoms with Crippen LogP contribution in [0.15, 0.2) is 14.7 Å². The first-order valence-electron chi connectivity index (χ1n) is 5.69. The number of thiophene rings is 1. The van der Waals surface area contributed by atoms with Gasteiger partial charge in [-0.25, -0.2) is 8.42 Å². The van der Waals surface area contributed by atoms with Gasteiger partial charge in [-0.3, -0.25) is 4.79 Å². The van der Waals surface area contributed by atoms with Crippen molar-refractivity contribution in [2.24, 2.45) is 0 Å². The highest BCUT2D eigenvalue weighted by Crippen LogP contribution is 2.32. The minimum absolute atomic E-state index is 0.172. The zero-order chi connectivity index (χ0) is 14.8. The van der Waals surface area contributed by atoms with E-state index in [9.17, 15) is 13.2 Å². The number of hydrogen-bond acceptors (Lipinski definition) is 4. The Morgan fingerprint density at radius 2 is 2.16 bits per heavy atom. The molecule has 0 radical (unpaired) electrons. The summed E-state index contributed by atoms with van der Waals surface area (Å²) in [5, 5.41) is 8.90. The van der Waals surface area contributed by atoms with Crippen molar-refractivity contribution in [3.63, 3.8) is 0 Å². The first-order chi connectivity index (χ1) is 8.70. The van der Waals surface area contributed by atoms with E-state index in [0.717, 1.165) is 4.31 Å². The van der Waals surface area contributed by atoms with Gasteiger partial charge < -0.3 is 5.11 Å². The fourth-order valence-corrected chi connectivity index (χ4v) is 5.67. The van der Waals surface area contributed by atoms with Crippen molar-refractivity contribution in [1.29, 1.82) is 0 Å². The fraction of sp³-hybridized carbons (Fsp3) is 0.545. The van der Waals surface area contributed by atoms with Crippen LogP contribution in [0.3, 0.4) is 0 Å². The number of carbonyl (C=O) groups is 1. The van der Waals surface area contributed by atoms with E-state index >= 15 is 0 Å². The van der Waals surface area contributed by atoms with E-state index in [-0.39, 0.29) is 10.9 Å². The molecule has 0 saturated heterocycles. The number of nitrogens with zero attached hydrogens (tertiary/aromatic N) is 1. The Morgan fingerprint density at radius 3 is 2.53 bits per heavy atom. The lowest BCUT2D eigenvalue weighted by Crippen LogP contribution is -2.41. The van der Waals surface area contributed by atoms with E-state index in [1.807, 2.05) is 6.92 Å². The average molecular weight is 370 g/mol. The number of carboxylic acid groups (broad SMARTS) is 1. The number of rotatable bonds is 6. The van der Waals surface area contributed by atoms with Crippen molar-refractivity contribution >= 4 is 43.3 Å². The second-order valence-corrected chi connectivity index (χ2v) is 8.67. The molecule has 0 bridgehead atoms. The van der Waals surface area contributed by atoms with Crippen LogP contribution in [-0.4, -0.2) is 36.4 Å². The highest BCUT2D eigenvalue weighted by atomic mass is 79.9. The van der Waals surface area contributed by atoms with Crippen LogP contribution in [-0.2, 0) is 14.8 Å². The van der Waals surface area contributed by atoms with Crippen LogP contribution >= 0.6 is 27.3 Å². The Balaban J connectivity index is 3.27. The Kier molecular flexibility index (Phi) is 5.54. The van der Waals surface area contributed by atoms with Crippen molar-refractivity contribution in [2.45, 2.75) is 38.1 Å². The minimum atomic E-state index is -3.78. The summed E-state index contributed by atoms with van der Waals surface area (Å²) in [6, 6.07) is 1.16. The molecule has 8 heteroatoms. The van der Waals surface area contributed by atoms with Gasteiger partial charge in [0, 0.05) is 10.9 Å². The maximum absolute atomic E-state index is 12.6. The first kappa shape index (κ1) is 16.6. The zero-order valence-electron chi connectivity index (χ0n) is 10.9. The lowest BCUT2D eigenvalue weighted by molar-refractivity contribution is -0.137. The van der Waals surface area contributed by atoms with Gasteiger partial charge in [0.2, 0.25) is 10.0 Å². The summed E-state index contributed by atoms with van der Waals surface area (Å²) in [6.45, 7) is 4.71. The molecule has 1 N–H and O–H groups in total. The average Bonchev–Trinajstić information content (AvgIpc) is 2.64. The van der Waals surface area contributed by atoms with E-state index in [0.29, 0.717) is 15.1 Å². The summed E-state index contributed by atoms with van der Waals surface area (Å²) in [5.41, 5.74) is 0. The highest BCUT2D eigenvalue weighted by Gasteiger charge is 2.32. The van der Waals surface area contributed by atoms with Gasteiger partial charge in [-0.15, -0.1) is 11.3 Å². The normalized spacial score (nSPS) is 13.7. The van der Waals surface area contributed by atoms with Crippen molar-refractivity contribution < 1.29 is 18.3 Å². The maximum atomic E-state index is 12.6. The maximum Gasteiger partial charge on any atom is 0.318 e. The standard InChI is InChI=1S/C11H16BrNO4S2/c1-4-7(2)13(6-11(14)15)19(16,17)9-5-10(12)18-8(9)3/h5,7H,4,6H2,1-3H3,(H,14,15). The molecule has 1 unspecified atom stereocenters. The quantitative estimate of drug-likeness (QED) is 0.836. The Morgan fingerprint density at radius 1 is 1.58 bits per heavy atom. The van der Waals surface area contributed by atoms with Gasteiger partial charge in [0.1, 0.15) is 6.54 Å². The van der Waals surface area contributed by atoms with Crippen molar-refractivity contribution in [2.75, 3.05) is 6.54 Å². The van der Waals surface area contributed by atoms with Gasteiger partial charge in [0.15, 0.2) is 0 Å². The number of hydrogen-bond donors (Lipinski definition) is 1. The topological polar surface area (TPSA) is 74.7 Å². The molecule has 1 atom stereocenters. The Hall–Kier alpha value is -0.440. The van der Waals surface area contributed by atoms with Crippen molar-refractivity contribution in [3.05, 3.63) is 14.7 Å². The number of aryl methyl sites for hydroxylation is 1. The van der Waals surface area contributed by atoms with E-state index in [1.54, 1.807) is 13.8 Å². The Bertz CT molecular complexity index is 567. The van der Waals surface area contributed by atoms with E-state index in [4.69, 9.17) is 5.11 Å². The summed E-state index contributed by atoms with van der Waals surface area (Å²) >= 11 is 4.56. The number of sulfonamides is 1. The number of aliphatic carboxylic acids is 1. The molecule has 0 saturated carbocycles. The lowest BCUT2D eigenvalue weighted by Gasteiger charge is -2.25. The molecule has 0 amide bonds. The third kappa shape index (κ3) is 3.77. The van der Waals surface area contributed by atoms with Gasteiger partial charge in [-0.2, -0.15) is 4.31 Å². The van der Waals surface area contributed by atoms with Crippen molar-refractivity contribution in [1.82, 2.24) is 4.31 Å². The summed E-state index contributed by atoms with van der Waals surface area (Å²) < 4.78 is 26.9. The van der Waals surface area contributed by atoms with Gasteiger partial charge in [-0.1, -0.05) is 6.92 Å². The molecule has 1 aromatic heterocycles. The number of halogens is 1. The number of carboxylic acids is 1. The summed E-state index contributed by atoms with van der Waals surface area (Å²) in [7, 11) is -3.78. The Labute approximate surface area is 125 Å².